The first kappa shape index (κ1) is 15.5. The molecular weight excluding hydrogens is 252 g/mol. The van der Waals surface area contributed by atoms with Crippen molar-refractivity contribution in [3.8, 4) is 0 Å². The average molecular weight is 280 g/mol. The predicted octanol–water partition coefficient (Wildman–Crippen LogP) is 1.10. The van der Waals surface area contributed by atoms with Crippen molar-refractivity contribution in [3.63, 3.8) is 0 Å². The fraction of sp³-hybridized carbons (Fsp3) is 0.800. The molecule has 0 saturated carbocycles. The van der Waals surface area contributed by atoms with Gasteiger partial charge in [0, 0.05) is 57.1 Å². The molecule has 0 bridgehead atoms. The first-order valence-electron chi connectivity index (χ1n) is 7.70. The van der Waals surface area contributed by atoms with E-state index in [9.17, 15) is 0 Å². The summed E-state index contributed by atoms with van der Waals surface area (Å²) in [6.07, 6.45) is 4.17. The molecule has 1 aliphatic heterocycles. The molecule has 0 unspecified atom stereocenters. The van der Waals surface area contributed by atoms with Crippen LogP contribution >= 0.6 is 0 Å². The van der Waals surface area contributed by atoms with Crippen LogP contribution in [-0.2, 0) is 13.1 Å². The summed E-state index contributed by atoms with van der Waals surface area (Å²) in [5.41, 5.74) is 2.49. The van der Waals surface area contributed by atoms with Crippen molar-refractivity contribution in [2.75, 3.05) is 33.3 Å². The number of aliphatic hydroxyl groups excluding tert-OH is 1. The summed E-state index contributed by atoms with van der Waals surface area (Å²) in [7, 11) is 2.15. The quantitative estimate of drug-likeness (QED) is 0.847. The highest BCUT2D eigenvalue weighted by atomic mass is 16.3. The van der Waals surface area contributed by atoms with Gasteiger partial charge in [0.05, 0.1) is 5.69 Å². The van der Waals surface area contributed by atoms with Crippen LogP contribution in [0, 0.1) is 6.92 Å². The second-order valence-electron chi connectivity index (χ2n) is 5.88. The van der Waals surface area contributed by atoms with Gasteiger partial charge in [-0.2, -0.15) is 5.10 Å². The van der Waals surface area contributed by atoms with Crippen LogP contribution in [-0.4, -0.2) is 64.0 Å². The van der Waals surface area contributed by atoms with Gasteiger partial charge in [-0.3, -0.25) is 9.58 Å². The first-order chi connectivity index (χ1) is 9.63. The number of hydrogen-bond donors (Lipinski definition) is 1. The van der Waals surface area contributed by atoms with Crippen LogP contribution in [0.4, 0.5) is 0 Å². The molecule has 1 fully saturated rings. The number of aryl methyl sites for hydroxylation is 2. The van der Waals surface area contributed by atoms with Crippen LogP contribution in [0.3, 0.4) is 0 Å². The smallest absolute Gasteiger partial charge is 0.0638 e. The summed E-state index contributed by atoms with van der Waals surface area (Å²) in [6, 6.07) is 0.472. The molecule has 5 nitrogen and oxygen atoms in total. The van der Waals surface area contributed by atoms with E-state index in [1.165, 1.54) is 5.56 Å². The maximum absolute atomic E-state index is 9.16. The van der Waals surface area contributed by atoms with E-state index < -0.39 is 0 Å². The Balaban J connectivity index is 1.95. The Labute approximate surface area is 122 Å². The van der Waals surface area contributed by atoms with E-state index in [-0.39, 0.29) is 6.61 Å². The summed E-state index contributed by atoms with van der Waals surface area (Å²) in [5, 5.41) is 13.7. The molecule has 20 heavy (non-hydrogen) atoms. The van der Waals surface area contributed by atoms with Crippen molar-refractivity contribution >= 4 is 0 Å². The maximum Gasteiger partial charge on any atom is 0.0638 e. The van der Waals surface area contributed by atoms with Crippen LogP contribution in [0.1, 0.15) is 31.0 Å². The van der Waals surface area contributed by atoms with Gasteiger partial charge < -0.3 is 10.0 Å². The number of aromatic nitrogens is 2. The molecule has 0 aliphatic carbocycles. The molecule has 1 atom stereocenters. The minimum Gasteiger partial charge on any atom is -0.396 e. The predicted molar refractivity (Wildman–Crippen MR) is 80.7 cm³/mol. The Morgan fingerprint density at radius 1 is 1.40 bits per heavy atom. The summed E-state index contributed by atoms with van der Waals surface area (Å²) in [6.45, 7) is 9.73. The molecule has 5 heteroatoms. The molecule has 1 N–H and O–H groups in total. The van der Waals surface area contributed by atoms with Crippen molar-refractivity contribution < 1.29 is 5.11 Å². The zero-order chi connectivity index (χ0) is 14.5. The number of piperazine rings is 1. The molecule has 2 rings (SSSR count). The molecular formula is C15H28N4O. The lowest BCUT2D eigenvalue weighted by atomic mass is 10.1. The Morgan fingerprint density at radius 2 is 2.20 bits per heavy atom. The lowest BCUT2D eigenvalue weighted by Crippen LogP contribution is -2.51. The Bertz CT molecular complexity index is 418. The molecule has 1 saturated heterocycles. The standard InChI is InChI=1S/C15H28N4O/c1-4-6-19-11-14(13(2)16-19)10-18-8-7-17(3)15(12-18)5-9-20/h11,15,20H,4-10,12H2,1-3H3/t15-/m1/s1. The largest absolute Gasteiger partial charge is 0.396 e. The number of aliphatic hydroxyl groups is 1. The summed E-state index contributed by atoms with van der Waals surface area (Å²) in [5.74, 6) is 0. The third-order valence-electron chi connectivity index (χ3n) is 4.22. The second kappa shape index (κ2) is 7.20. The summed E-state index contributed by atoms with van der Waals surface area (Å²) >= 11 is 0. The van der Waals surface area contributed by atoms with Crippen LogP contribution in [0.2, 0.25) is 0 Å². The molecule has 0 radical (unpaired) electrons. The highest BCUT2D eigenvalue weighted by molar-refractivity contribution is 5.15. The van der Waals surface area contributed by atoms with Crippen LogP contribution in [0.5, 0.6) is 0 Å². The van der Waals surface area contributed by atoms with Gasteiger partial charge in [-0.15, -0.1) is 0 Å². The molecule has 0 amide bonds. The van der Waals surface area contributed by atoms with Gasteiger partial charge in [0.25, 0.3) is 0 Å². The van der Waals surface area contributed by atoms with Crippen molar-refractivity contribution in [2.24, 2.45) is 0 Å². The fourth-order valence-corrected chi connectivity index (χ4v) is 2.91. The van der Waals surface area contributed by atoms with Crippen LogP contribution in [0.15, 0.2) is 6.20 Å². The molecule has 0 aromatic carbocycles. The fourth-order valence-electron chi connectivity index (χ4n) is 2.91. The lowest BCUT2D eigenvalue weighted by Gasteiger charge is -2.39. The van der Waals surface area contributed by atoms with Gasteiger partial charge >= 0.3 is 0 Å². The molecule has 1 aliphatic rings. The van der Waals surface area contributed by atoms with Crippen molar-refractivity contribution in [1.82, 2.24) is 19.6 Å². The first-order valence-corrected chi connectivity index (χ1v) is 7.70. The monoisotopic (exact) mass is 280 g/mol. The SMILES string of the molecule is CCCn1cc(CN2CCN(C)[C@H](CCO)C2)c(C)n1. The number of likely N-dealkylation sites (N-methyl/N-ethyl adjacent to an activating group) is 1. The zero-order valence-electron chi connectivity index (χ0n) is 13.0. The van der Waals surface area contributed by atoms with E-state index in [0.29, 0.717) is 6.04 Å². The Morgan fingerprint density at radius 3 is 2.90 bits per heavy atom. The minimum absolute atomic E-state index is 0.274. The van der Waals surface area contributed by atoms with Crippen LogP contribution in [0.25, 0.3) is 0 Å². The number of hydrogen-bond acceptors (Lipinski definition) is 4. The topological polar surface area (TPSA) is 44.5 Å². The van der Waals surface area contributed by atoms with E-state index in [1.54, 1.807) is 0 Å². The van der Waals surface area contributed by atoms with E-state index in [4.69, 9.17) is 5.11 Å². The number of nitrogens with zero attached hydrogens (tertiary/aromatic N) is 4. The van der Waals surface area contributed by atoms with Gasteiger partial charge in [0.1, 0.15) is 0 Å². The van der Waals surface area contributed by atoms with Crippen molar-refractivity contribution in [2.45, 2.75) is 45.8 Å². The normalized spacial score (nSPS) is 21.5. The van der Waals surface area contributed by atoms with Crippen molar-refractivity contribution in [1.29, 1.82) is 0 Å². The highest BCUT2D eigenvalue weighted by Gasteiger charge is 2.24. The van der Waals surface area contributed by atoms with Crippen LogP contribution < -0.4 is 0 Å². The second-order valence-corrected chi connectivity index (χ2v) is 5.88. The third-order valence-corrected chi connectivity index (χ3v) is 4.22. The zero-order valence-corrected chi connectivity index (χ0v) is 13.0. The molecule has 0 spiro atoms. The summed E-state index contributed by atoms with van der Waals surface area (Å²) in [4.78, 5) is 4.85. The van der Waals surface area contributed by atoms with Gasteiger partial charge in [-0.25, -0.2) is 0 Å². The Kier molecular flexibility index (Phi) is 5.57. The van der Waals surface area contributed by atoms with Gasteiger partial charge in [0.15, 0.2) is 0 Å². The average Bonchev–Trinajstić information content (AvgIpc) is 2.75. The summed E-state index contributed by atoms with van der Waals surface area (Å²) < 4.78 is 2.06. The van der Waals surface area contributed by atoms with Gasteiger partial charge in [0.2, 0.25) is 0 Å². The van der Waals surface area contributed by atoms with E-state index in [0.717, 1.165) is 51.3 Å². The maximum atomic E-state index is 9.16. The number of rotatable bonds is 6. The van der Waals surface area contributed by atoms with E-state index >= 15 is 0 Å². The minimum atomic E-state index is 0.274. The van der Waals surface area contributed by atoms with E-state index in [2.05, 4.69) is 46.7 Å². The molecule has 1 aromatic rings. The molecule has 2 heterocycles. The van der Waals surface area contributed by atoms with Crippen molar-refractivity contribution in [3.05, 3.63) is 17.5 Å². The highest BCUT2D eigenvalue weighted by Crippen LogP contribution is 2.15. The third kappa shape index (κ3) is 3.81. The van der Waals surface area contributed by atoms with E-state index in [1.807, 2.05) is 0 Å². The molecule has 1 aromatic heterocycles. The lowest BCUT2D eigenvalue weighted by molar-refractivity contribution is 0.0742. The van der Waals surface area contributed by atoms with Gasteiger partial charge in [-0.1, -0.05) is 6.92 Å². The van der Waals surface area contributed by atoms with Gasteiger partial charge in [-0.05, 0) is 26.8 Å². The Hall–Kier alpha value is -0.910. The molecule has 114 valence electrons.